The van der Waals surface area contributed by atoms with Gasteiger partial charge in [-0.15, -0.1) is 0 Å². The van der Waals surface area contributed by atoms with E-state index in [1.807, 2.05) is 56.3 Å². The molecule has 0 spiro atoms. The molecule has 4 rings (SSSR count). The molecule has 0 radical (unpaired) electrons. The zero-order valence-corrected chi connectivity index (χ0v) is 23.6. The van der Waals surface area contributed by atoms with Gasteiger partial charge in [0.15, 0.2) is 5.16 Å². The minimum Gasteiger partial charge on any atom is -0.352 e. The number of para-hydroxylation sites is 1. The number of thioether (sulfide) groups is 1. The molecule has 0 aliphatic carbocycles. The van der Waals surface area contributed by atoms with Gasteiger partial charge in [-0.25, -0.2) is 4.98 Å². The highest BCUT2D eigenvalue weighted by Gasteiger charge is 2.15. The number of aromatic nitrogens is 2. The second-order valence-corrected chi connectivity index (χ2v) is 11.0. The summed E-state index contributed by atoms with van der Waals surface area (Å²) in [6, 6.07) is 20.2. The molecule has 0 unspecified atom stereocenters. The molecule has 8 heteroatoms. The average molecular weight is 543 g/mol. The van der Waals surface area contributed by atoms with E-state index < -0.39 is 0 Å². The number of aryl methyl sites for hydroxylation is 2. The van der Waals surface area contributed by atoms with Crippen molar-refractivity contribution in [2.24, 2.45) is 5.92 Å². The second-order valence-electron chi connectivity index (χ2n) is 10.1. The average Bonchev–Trinajstić information content (AvgIpc) is 2.91. The Hall–Kier alpha value is -3.91. The first-order valence-corrected chi connectivity index (χ1v) is 14.1. The fourth-order valence-corrected chi connectivity index (χ4v) is 4.86. The van der Waals surface area contributed by atoms with E-state index in [2.05, 4.69) is 24.5 Å². The Morgan fingerprint density at radius 1 is 0.974 bits per heavy atom. The predicted octanol–water partition coefficient (Wildman–Crippen LogP) is 5.57. The maximum Gasteiger partial charge on any atom is 0.262 e. The highest BCUT2D eigenvalue weighted by molar-refractivity contribution is 7.99. The van der Waals surface area contributed by atoms with Crippen LogP contribution in [0.25, 0.3) is 10.9 Å². The molecule has 0 atom stereocenters. The van der Waals surface area contributed by atoms with E-state index in [1.54, 1.807) is 28.8 Å². The third-order valence-electron chi connectivity index (χ3n) is 6.51. The van der Waals surface area contributed by atoms with Crippen molar-refractivity contribution in [3.63, 3.8) is 0 Å². The Morgan fingerprint density at radius 2 is 1.72 bits per heavy atom. The summed E-state index contributed by atoms with van der Waals surface area (Å²) < 4.78 is 1.59. The van der Waals surface area contributed by atoms with Gasteiger partial charge in [-0.1, -0.05) is 55.9 Å². The van der Waals surface area contributed by atoms with Gasteiger partial charge in [-0.2, -0.15) is 0 Å². The lowest BCUT2D eigenvalue weighted by Gasteiger charge is -2.14. The molecule has 0 fully saturated rings. The van der Waals surface area contributed by atoms with E-state index in [9.17, 15) is 14.4 Å². The number of fused-ring (bicyclic) bond motifs is 1. The van der Waals surface area contributed by atoms with Crippen LogP contribution in [0, 0.1) is 19.8 Å². The highest BCUT2D eigenvalue weighted by Crippen LogP contribution is 2.20. The number of carbonyl (C=O) groups is 2. The van der Waals surface area contributed by atoms with Gasteiger partial charge in [-0.3, -0.25) is 19.0 Å². The van der Waals surface area contributed by atoms with Crippen LogP contribution in [-0.4, -0.2) is 33.7 Å². The molecule has 1 heterocycles. The van der Waals surface area contributed by atoms with Gasteiger partial charge in [0, 0.05) is 17.8 Å². The number of hydrogen-bond acceptors (Lipinski definition) is 5. The molecular weight excluding hydrogens is 508 g/mol. The Kier molecular flexibility index (Phi) is 9.19. The number of anilines is 1. The van der Waals surface area contributed by atoms with Crippen LogP contribution < -0.4 is 16.2 Å². The van der Waals surface area contributed by atoms with E-state index >= 15 is 0 Å². The van der Waals surface area contributed by atoms with Crippen LogP contribution in [-0.2, 0) is 11.3 Å². The molecule has 7 nitrogen and oxygen atoms in total. The van der Waals surface area contributed by atoms with Crippen molar-refractivity contribution in [3.05, 3.63) is 99.3 Å². The number of nitrogens with zero attached hydrogens (tertiary/aromatic N) is 2. The molecule has 3 aromatic carbocycles. The quantitative estimate of drug-likeness (QED) is 0.202. The van der Waals surface area contributed by atoms with Gasteiger partial charge < -0.3 is 10.6 Å². The highest BCUT2D eigenvalue weighted by atomic mass is 32.2. The van der Waals surface area contributed by atoms with E-state index in [0.29, 0.717) is 34.1 Å². The maximum absolute atomic E-state index is 13.5. The van der Waals surface area contributed by atoms with Crippen molar-refractivity contribution in [2.45, 2.75) is 45.8 Å². The first kappa shape index (κ1) is 28.1. The molecule has 4 aromatic rings. The summed E-state index contributed by atoms with van der Waals surface area (Å²) in [5.74, 6) is 0.335. The lowest BCUT2D eigenvalue weighted by atomic mass is 10.1. The van der Waals surface area contributed by atoms with Crippen molar-refractivity contribution in [2.75, 3.05) is 17.6 Å². The van der Waals surface area contributed by atoms with Gasteiger partial charge in [0.05, 0.1) is 23.2 Å². The topological polar surface area (TPSA) is 93.1 Å². The number of carbonyl (C=O) groups excluding carboxylic acids is 2. The van der Waals surface area contributed by atoms with Gasteiger partial charge in [0.1, 0.15) is 0 Å². The predicted molar refractivity (Wildman–Crippen MR) is 159 cm³/mol. The molecule has 1 aromatic heterocycles. The van der Waals surface area contributed by atoms with Gasteiger partial charge >= 0.3 is 0 Å². The number of amides is 2. The maximum atomic E-state index is 13.5. The van der Waals surface area contributed by atoms with Crippen LogP contribution in [0.15, 0.2) is 76.7 Å². The first-order chi connectivity index (χ1) is 18.7. The fourth-order valence-electron chi connectivity index (χ4n) is 4.06. The molecule has 0 aliphatic heterocycles. The summed E-state index contributed by atoms with van der Waals surface area (Å²) in [6.45, 7) is 9.17. The van der Waals surface area contributed by atoms with E-state index in [-0.39, 0.29) is 29.7 Å². The smallest absolute Gasteiger partial charge is 0.262 e. The first-order valence-electron chi connectivity index (χ1n) is 13.1. The van der Waals surface area contributed by atoms with Crippen molar-refractivity contribution < 1.29 is 9.59 Å². The summed E-state index contributed by atoms with van der Waals surface area (Å²) in [7, 11) is 0. The van der Waals surface area contributed by atoms with Crippen molar-refractivity contribution in [1.82, 2.24) is 14.9 Å². The molecule has 39 heavy (non-hydrogen) atoms. The Labute approximate surface area is 233 Å². The van der Waals surface area contributed by atoms with E-state index in [0.717, 1.165) is 28.8 Å². The van der Waals surface area contributed by atoms with Crippen LogP contribution in [0.1, 0.15) is 47.3 Å². The minimum absolute atomic E-state index is 0.104. The fraction of sp³-hybridized carbons (Fsp3) is 0.290. The largest absolute Gasteiger partial charge is 0.352 e. The molecule has 2 amide bonds. The molecule has 0 saturated heterocycles. The van der Waals surface area contributed by atoms with E-state index in [1.165, 1.54) is 11.8 Å². The van der Waals surface area contributed by atoms with Gasteiger partial charge in [0.25, 0.3) is 11.5 Å². The van der Waals surface area contributed by atoms with Crippen LogP contribution in [0.2, 0.25) is 0 Å². The zero-order valence-electron chi connectivity index (χ0n) is 22.8. The normalized spacial score (nSPS) is 11.1. The molecule has 202 valence electrons. The van der Waals surface area contributed by atoms with Crippen LogP contribution in [0.5, 0.6) is 0 Å². The molecular formula is C31H34N4O3S. The molecule has 0 bridgehead atoms. The summed E-state index contributed by atoms with van der Waals surface area (Å²) in [6.07, 6.45) is 0.921. The Morgan fingerprint density at radius 3 is 2.44 bits per heavy atom. The minimum atomic E-state index is -0.176. The zero-order chi connectivity index (χ0) is 27.9. The third-order valence-corrected chi connectivity index (χ3v) is 7.49. The molecule has 0 saturated carbocycles. The number of nitrogens with one attached hydrogen (secondary N) is 2. The Balaban J connectivity index is 1.52. The summed E-state index contributed by atoms with van der Waals surface area (Å²) >= 11 is 1.23. The van der Waals surface area contributed by atoms with Crippen molar-refractivity contribution >= 4 is 40.2 Å². The van der Waals surface area contributed by atoms with Crippen LogP contribution in [0.3, 0.4) is 0 Å². The molecule has 0 aliphatic rings. The van der Waals surface area contributed by atoms with Crippen molar-refractivity contribution in [3.8, 4) is 0 Å². The number of hydrogen-bond donors (Lipinski definition) is 2. The van der Waals surface area contributed by atoms with Gasteiger partial charge in [0.2, 0.25) is 5.91 Å². The van der Waals surface area contributed by atoms with E-state index in [4.69, 9.17) is 4.98 Å². The standard InChI is InChI=1S/C31H34N4O3S/c1-20(2)15-16-32-29(37)24-12-10-23(11-13-24)18-35-30(38)26-7-5-6-8-27(26)34-31(35)39-19-28(36)33-25-14-9-21(3)22(4)17-25/h5-14,17,20H,15-16,18-19H2,1-4H3,(H,32,37)(H,33,36). The van der Waals surface area contributed by atoms with Crippen LogP contribution in [0.4, 0.5) is 5.69 Å². The molecule has 2 N–H and O–H groups in total. The monoisotopic (exact) mass is 542 g/mol. The van der Waals surface area contributed by atoms with Gasteiger partial charge in [-0.05, 0) is 79.3 Å². The second kappa shape index (κ2) is 12.8. The number of rotatable bonds is 10. The lowest BCUT2D eigenvalue weighted by molar-refractivity contribution is -0.113. The summed E-state index contributed by atoms with van der Waals surface area (Å²) in [5, 5.41) is 6.85. The number of benzene rings is 3. The van der Waals surface area contributed by atoms with Crippen molar-refractivity contribution in [1.29, 1.82) is 0 Å². The SMILES string of the molecule is Cc1ccc(NC(=O)CSc2nc3ccccc3c(=O)n2Cc2ccc(C(=O)NCCC(C)C)cc2)cc1C. The summed E-state index contributed by atoms with van der Waals surface area (Å²) in [5.41, 5.74) is 4.84. The van der Waals surface area contributed by atoms with Crippen LogP contribution >= 0.6 is 11.8 Å². The third kappa shape index (κ3) is 7.35. The lowest BCUT2D eigenvalue weighted by Crippen LogP contribution is -2.26. The summed E-state index contributed by atoms with van der Waals surface area (Å²) in [4.78, 5) is 43.3. The Bertz CT molecular complexity index is 1540.